The zero-order valence-electron chi connectivity index (χ0n) is 18.7. The van der Waals surface area contributed by atoms with Crippen molar-refractivity contribution in [3.05, 3.63) is 59.7 Å². The summed E-state index contributed by atoms with van der Waals surface area (Å²) in [5.74, 6) is 2.20. The molecular formula is C25H25F3N2O4S. The predicted octanol–water partition coefficient (Wildman–Crippen LogP) is 5.00. The number of hydrogen-bond acceptors (Lipinski definition) is 5. The molecule has 6 nitrogen and oxygen atoms in total. The van der Waals surface area contributed by atoms with E-state index in [1.165, 1.54) is 31.5 Å². The van der Waals surface area contributed by atoms with Gasteiger partial charge >= 0.3 is 16.3 Å². The van der Waals surface area contributed by atoms with E-state index in [9.17, 15) is 26.4 Å². The van der Waals surface area contributed by atoms with E-state index >= 15 is 0 Å². The van der Waals surface area contributed by atoms with Crippen molar-refractivity contribution in [2.24, 2.45) is 34.7 Å². The third-order valence-corrected chi connectivity index (χ3v) is 8.81. The van der Waals surface area contributed by atoms with Crippen LogP contribution in [0.25, 0.3) is 0 Å². The first-order valence-corrected chi connectivity index (χ1v) is 13.0. The fourth-order valence-corrected chi connectivity index (χ4v) is 7.10. The highest BCUT2D eigenvalue weighted by atomic mass is 32.2. The first-order valence-electron chi connectivity index (χ1n) is 11.6. The highest BCUT2D eigenvalue weighted by Gasteiger charge is 2.50. The molecule has 5 unspecified atom stereocenters. The number of hydrogen-bond donors (Lipinski definition) is 1. The summed E-state index contributed by atoms with van der Waals surface area (Å²) in [6, 6.07) is 9.24. The second-order valence-corrected chi connectivity index (χ2v) is 11.3. The lowest BCUT2D eigenvalue weighted by atomic mass is 9.67. The predicted molar refractivity (Wildman–Crippen MR) is 122 cm³/mol. The lowest BCUT2D eigenvalue weighted by Gasteiger charge is -2.38. The van der Waals surface area contributed by atoms with Gasteiger partial charge in [0.25, 0.3) is 0 Å². The van der Waals surface area contributed by atoms with Crippen LogP contribution >= 0.6 is 0 Å². The Kier molecular flexibility index (Phi) is 6.11. The fourth-order valence-electron chi connectivity index (χ4n) is 6.14. The number of nitrogens with zero attached hydrogens (tertiary/aromatic N) is 1. The molecule has 0 heterocycles. The number of benzene rings is 2. The lowest BCUT2D eigenvalue weighted by Crippen LogP contribution is -2.39. The molecule has 10 heteroatoms. The molecule has 0 spiro atoms. The smallest absolute Gasteiger partial charge is 0.378 e. The van der Waals surface area contributed by atoms with Crippen LogP contribution in [-0.4, -0.2) is 20.5 Å². The van der Waals surface area contributed by atoms with Gasteiger partial charge in [-0.1, -0.05) is 12.1 Å². The number of rotatable bonds is 6. The molecule has 3 aliphatic rings. The molecule has 1 amide bonds. The molecule has 5 rings (SSSR count). The van der Waals surface area contributed by atoms with Crippen molar-refractivity contribution in [3.8, 4) is 5.75 Å². The number of fused-ring (bicyclic) bond motifs is 2. The Morgan fingerprint density at radius 2 is 1.66 bits per heavy atom. The van der Waals surface area contributed by atoms with Crippen molar-refractivity contribution < 1.29 is 30.6 Å². The molecule has 3 bridgehead atoms. The van der Waals surface area contributed by atoms with Crippen molar-refractivity contribution in [1.82, 2.24) is 5.43 Å². The number of carbonyl (C=O) groups excluding carboxylic acids is 1. The molecule has 186 valence electrons. The fraction of sp³-hybridized carbons (Fsp3) is 0.440. The van der Waals surface area contributed by atoms with Crippen molar-refractivity contribution in [3.63, 3.8) is 0 Å². The molecule has 0 radical (unpaired) electrons. The molecule has 5 atom stereocenters. The minimum Gasteiger partial charge on any atom is -0.378 e. The number of amides is 1. The minimum atomic E-state index is -4.58. The SMILES string of the molecule is O=C(N/N=C/c1ccccc1OS(=O)(=O)c1ccc(C(F)(F)F)cc1)C1CC2CC3CC(C2)C1C3. The van der Waals surface area contributed by atoms with E-state index in [1.807, 2.05) is 0 Å². The molecule has 2 aromatic rings. The van der Waals surface area contributed by atoms with Gasteiger partial charge in [-0.25, -0.2) is 5.43 Å². The number of para-hydroxylation sites is 1. The van der Waals surface area contributed by atoms with Crippen LogP contribution in [0.3, 0.4) is 0 Å². The molecule has 3 saturated carbocycles. The summed E-state index contributed by atoms with van der Waals surface area (Å²) >= 11 is 0. The van der Waals surface area contributed by atoms with Gasteiger partial charge in [0.2, 0.25) is 5.91 Å². The van der Waals surface area contributed by atoms with Gasteiger partial charge in [-0.2, -0.15) is 26.7 Å². The van der Waals surface area contributed by atoms with E-state index in [2.05, 4.69) is 10.5 Å². The van der Waals surface area contributed by atoms with E-state index < -0.39 is 26.8 Å². The molecule has 3 fully saturated rings. The highest BCUT2D eigenvalue weighted by molar-refractivity contribution is 7.87. The van der Waals surface area contributed by atoms with Gasteiger partial charge in [-0.05, 0) is 92.2 Å². The summed E-state index contributed by atoms with van der Waals surface area (Å²) in [7, 11) is -4.38. The zero-order chi connectivity index (χ0) is 24.8. The Labute approximate surface area is 201 Å². The van der Waals surface area contributed by atoms with Crippen LogP contribution in [0.1, 0.15) is 43.2 Å². The molecule has 0 aromatic heterocycles. The van der Waals surface area contributed by atoms with Crippen LogP contribution in [0.15, 0.2) is 58.5 Å². The van der Waals surface area contributed by atoms with Crippen molar-refractivity contribution in [2.75, 3.05) is 0 Å². The third-order valence-electron chi connectivity index (χ3n) is 7.56. The Morgan fingerprint density at radius 1 is 0.971 bits per heavy atom. The maximum atomic E-state index is 12.9. The average molecular weight is 507 g/mol. The summed E-state index contributed by atoms with van der Waals surface area (Å²) in [6.07, 6.45) is 2.42. The van der Waals surface area contributed by atoms with Gasteiger partial charge in [0.05, 0.1) is 11.8 Å². The Morgan fingerprint density at radius 3 is 2.37 bits per heavy atom. The largest absolute Gasteiger partial charge is 0.416 e. The molecule has 2 aromatic carbocycles. The zero-order valence-corrected chi connectivity index (χ0v) is 19.6. The monoisotopic (exact) mass is 506 g/mol. The molecule has 3 aliphatic carbocycles. The second-order valence-electron chi connectivity index (χ2n) is 9.77. The van der Waals surface area contributed by atoms with Gasteiger partial charge in [-0.15, -0.1) is 0 Å². The van der Waals surface area contributed by atoms with Crippen molar-refractivity contribution in [1.29, 1.82) is 0 Å². The molecule has 35 heavy (non-hydrogen) atoms. The molecule has 1 N–H and O–H groups in total. The van der Waals surface area contributed by atoms with Gasteiger partial charge < -0.3 is 4.18 Å². The van der Waals surface area contributed by atoms with Crippen molar-refractivity contribution >= 4 is 22.2 Å². The van der Waals surface area contributed by atoms with Crippen LogP contribution < -0.4 is 9.61 Å². The maximum Gasteiger partial charge on any atom is 0.416 e. The Bertz CT molecular complexity index is 1240. The lowest BCUT2D eigenvalue weighted by molar-refractivity contribution is -0.137. The normalized spacial score (nSPS) is 27.8. The van der Waals surface area contributed by atoms with E-state index in [-0.39, 0.29) is 17.6 Å². The summed E-state index contributed by atoms with van der Waals surface area (Å²) in [4.78, 5) is 12.4. The Balaban J connectivity index is 1.26. The number of nitrogens with one attached hydrogen (secondary N) is 1. The van der Waals surface area contributed by atoms with Crippen LogP contribution in [0.4, 0.5) is 13.2 Å². The van der Waals surface area contributed by atoms with Crippen LogP contribution in [-0.2, 0) is 21.1 Å². The van der Waals surface area contributed by atoms with E-state index in [4.69, 9.17) is 4.18 Å². The summed E-state index contributed by atoms with van der Waals surface area (Å²) in [5.41, 5.74) is 1.95. The van der Waals surface area contributed by atoms with Crippen LogP contribution in [0.2, 0.25) is 0 Å². The quantitative estimate of drug-likeness (QED) is 0.340. The first kappa shape index (κ1) is 23.8. The molecule has 0 aliphatic heterocycles. The second kappa shape index (κ2) is 8.96. The highest BCUT2D eigenvalue weighted by Crippen LogP contribution is 2.57. The number of carbonyl (C=O) groups is 1. The number of hydrazone groups is 1. The van der Waals surface area contributed by atoms with Crippen LogP contribution in [0, 0.1) is 29.6 Å². The average Bonchev–Trinajstić information content (AvgIpc) is 3.02. The van der Waals surface area contributed by atoms with Crippen molar-refractivity contribution in [2.45, 2.75) is 43.2 Å². The number of halogens is 3. The summed E-state index contributed by atoms with van der Waals surface area (Å²) in [6.45, 7) is 0. The third kappa shape index (κ3) is 4.94. The van der Waals surface area contributed by atoms with Gasteiger partial charge in [0.15, 0.2) is 5.75 Å². The van der Waals surface area contributed by atoms with Gasteiger partial charge in [0.1, 0.15) is 4.90 Å². The van der Waals surface area contributed by atoms with Gasteiger partial charge in [0, 0.05) is 11.5 Å². The van der Waals surface area contributed by atoms with E-state index in [0.29, 0.717) is 35.4 Å². The van der Waals surface area contributed by atoms with Gasteiger partial charge in [-0.3, -0.25) is 4.79 Å². The van der Waals surface area contributed by atoms with E-state index in [0.717, 1.165) is 30.9 Å². The summed E-state index contributed by atoms with van der Waals surface area (Å²) < 4.78 is 68.7. The van der Waals surface area contributed by atoms with E-state index in [1.54, 1.807) is 18.2 Å². The summed E-state index contributed by atoms with van der Waals surface area (Å²) in [5, 5.41) is 4.05. The standard InChI is InChI=1S/C25H25F3N2O4S/c26-25(27,28)19-5-7-20(8-6-19)35(32,33)34-23-4-2-1-3-17(23)14-29-30-24(31)22-13-16-9-15-10-18(11-16)21(22)12-15/h1-8,14-16,18,21-22H,9-13H2,(H,30,31)/b29-14+. The number of alkyl halides is 3. The topological polar surface area (TPSA) is 84.8 Å². The maximum absolute atomic E-state index is 12.9. The molecular weight excluding hydrogens is 481 g/mol. The Hall–Kier alpha value is -2.88. The minimum absolute atomic E-state index is 0.0464. The van der Waals surface area contributed by atoms with Crippen LogP contribution in [0.5, 0.6) is 5.75 Å². The molecule has 0 saturated heterocycles. The first-order chi connectivity index (χ1) is 16.6.